The first kappa shape index (κ1) is 24.1. The van der Waals surface area contributed by atoms with Crippen molar-refractivity contribution in [1.29, 1.82) is 0 Å². The zero-order valence-electron chi connectivity index (χ0n) is 21.7. The van der Waals surface area contributed by atoms with Crippen molar-refractivity contribution >= 4 is 10.9 Å². The monoisotopic (exact) mass is 497 g/mol. The average molecular weight is 498 g/mol. The van der Waals surface area contributed by atoms with Gasteiger partial charge in [0, 0.05) is 74.0 Å². The van der Waals surface area contributed by atoms with Gasteiger partial charge < -0.3 is 14.4 Å². The molecule has 1 atom stereocenters. The van der Waals surface area contributed by atoms with Gasteiger partial charge in [0.25, 0.3) is 0 Å². The summed E-state index contributed by atoms with van der Waals surface area (Å²) in [4.78, 5) is 13.7. The van der Waals surface area contributed by atoms with Crippen molar-refractivity contribution in [1.82, 2.24) is 24.3 Å². The number of likely N-dealkylation sites (tertiary alicyclic amines) is 1. The van der Waals surface area contributed by atoms with Crippen molar-refractivity contribution in [3.63, 3.8) is 0 Å². The lowest BCUT2D eigenvalue weighted by molar-refractivity contribution is 0.0402. The third-order valence-electron chi connectivity index (χ3n) is 8.47. The molecular weight excluding hydrogens is 462 g/mol. The van der Waals surface area contributed by atoms with E-state index in [9.17, 15) is 5.11 Å². The van der Waals surface area contributed by atoms with Crippen LogP contribution in [0.3, 0.4) is 0 Å². The Hall–Kier alpha value is -3.26. The molecule has 0 saturated carbocycles. The Labute approximate surface area is 218 Å². The normalized spacial score (nSPS) is 19.8. The number of piperidine rings is 1. The second-order valence-corrected chi connectivity index (χ2v) is 10.6. The van der Waals surface area contributed by atoms with Crippen LogP contribution >= 0.6 is 0 Å². The molecule has 1 aromatic carbocycles. The van der Waals surface area contributed by atoms with Gasteiger partial charge >= 0.3 is 0 Å². The molecule has 3 aromatic heterocycles. The molecule has 0 amide bonds. The van der Waals surface area contributed by atoms with E-state index >= 15 is 0 Å². The maximum atomic E-state index is 10.7. The van der Waals surface area contributed by atoms with Gasteiger partial charge in [0.2, 0.25) is 0 Å². The molecular formula is C30H35N5O2. The van der Waals surface area contributed by atoms with Crippen LogP contribution < -0.4 is 4.74 Å². The first-order valence-corrected chi connectivity index (χ1v) is 13.1. The van der Waals surface area contributed by atoms with Crippen molar-refractivity contribution in [2.45, 2.75) is 37.4 Å². The molecule has 2 aliphatic heterocycles. The van der Waals surface area contributed by atoms with Crippen molar-refractivity contribution in [2.24, 2.45) is 7.05 Å². The van der Waals surface area contributed by atoms with Gasteiger partial charge in [-0.25, -0.2) is 0 Å². The molecule has 4 aromatic rings. The highest BCUT2D eigenvalue weighted by molar-refractivity contribution is 5.88. The highest BCUT2D eigenvalue weighted by Gasteiger charge is 2.48. The number of benzene rings is 1. The molecule has 7 nitrogen and oxygen atoms in total. The van der Waals surface area contributed by atoms with Crippen LogP contribution in [0.25, 0.3) is 10.9 Å². The van der Waals surface area contributed by atoms with Gasteiger partial charge in [0.1, 0.15) is 5.75 Å². The van der Waals surface area contributed by atoms with Gasteiger partial charge in [-0.15, -0.1) is 0 Å². The van der Waals surface area contributed by atoms with Crippen LogP contribution in [-0.4, -0.2) is 62.8 Å². The molecule has 0 bridgehead atoms. The van der Waals surface area contributed by atoms with E-state index in [0.29, 0.717) is 0 Å². The fourth-order valence-corrected chi connectivity index (χ4v) is 6.65. The molecule has 2 aliphatic rings. The predicted octanol–water partition coefficient (Wildman–Crippen LogP) is 4.06. The van der Waals surface area contributed by atoms with Gasteiger partial charge in [-0.2, -0.15) is 0 Å². The van der Waals surface area contributed by atoms with Gasteiger partial charge in [-0.3, -0.25) is 19.8 Å². The summed E-state index contributed by atoms with van der Waals surface area (Å²) in [5.41, 5.74) is 6.29. The SMILES string of the molecule is COc1ccc2c3c(n(C)c2c1)[C@@H](CO)N(Cc1cccnc1)CC31CCN(Cc2cccnc2)CC1. The second kappa shape index (κ2) is 9.89. The third kappa shape index (κ3) is 4.31. The van der Waals surface area contributed by atoms with Crippen LogP contribution in [0.5, 0.6) is 5.75 Å². The third-order valence-corrected chi connectivity index (χ3v) is 8.47. The number of aryl methyl sites for hydroxylation is 1. The summed E-state index contributed by atoms with van der Waals surface area (Å²) in [6.07, 6.45) is 9.72. The molecule has 0 aliphatic carbocycles. The number of aliphatic hydroxyl groups is 1. The number of rotatable bonds is 6. The molecule has 6 rings (SSSR count). The van der Waals surface area contributed by atoms with Crippen molar-refractivity contribution in [2.75, 3.05) is 33.4 Å². The Bertz CT molecular complexity index is 1360. The van der Waals surface area contributed by atoms with Crippen LogP contribution in [-0.2, 0) is 25.6 Å². The number of hydrogen-bond acceptors (Lipinski definition) is 6. The maximum absolute atomic E-state index is 10.7. The molecule has 1 saturated heterocycles. The topological polar surface area (TPSA) is 66.7 Å². The smallest absolute Gasteiger partial charge is 0.120 e. The van der Waals surface area contributed by atoms with E-state index in [0.717, 1.165) is 51.3 Å². The maximum Gasteiger partial charge on any atom is 0.120 e. The van der Waals surface area contributed by atoms with E-state index in [1.807, 2.05) is 36.9 Å². The van der Waals surface area contributed by atoms with E-state index in [1.165, 1.54) is 33.3 Å². The summed E-state index contributed by atoms with van der Waals surface area (Å²) in [5, 5.41) is 12.0. The number of hydrogen-bond donors (Lipinski definition) is 1. The van der Waals surface area contributed by atoms with Crippen LogP contribution in [0.15, 0.2) is 67.3 Å². The summed E-state index contributed by atoms with van der Waals surface area (Å²) in [5.74, 6) is 0.860. The Kier molecular flexibility index (Phi) is 6.44. The molecule has 1 fully saturated rings. The number of aromatic nitrogens is 3. The van der Waals surface area contributed by atoms with Crippen molar-refractivity contribution < 1.29 is 9.84 Å². The lowest BCUT2D eigenvalue weighted by Crippen LogP contribution is -2.53. The van der Waals surface area contributed by atoms with Gasteiger partial charge in [0.15, 0.2) is 0 Å². The lowest BCUT2D eigenvalue weighted by Gasteiger charge is -2.50. The number of fused-ring (bicyclic) bond motifs is 4. The van der Waals surface area contributed by atoms with Gasteiger partial charge in [-0.1, -0.05) is 12.1 Å². The highest BCUT2D eigenvalue weighted by Crippen LogP contribution is 2.50. The summed E-state index contributed by atoms with van der Waals surface area (Å²) >= 11 is 0. The Morgan fingerprint density at radius 3 is 2.32 bits per heavy atom. The Balaban J connectivity index is 1.41. The molecule has 37 heavy (non-hydrogen) atoms. The fourth-order valence-electron chi connectivity index (χ4n) is 6.65. The largest absolute Gasteiger partial charge is 0.497 e. The number of ether oxygens (including phenoxy) is 1. The Morgan fingerprint density at radius 2 is 1.70 bits per heavy atom. The minimum atomic E-state index is -0.0716. The summed E-state index contributed by atoms with van der Waals surface area (Å²) in [7, 11) is 3.86. The highest BCUT2D eigenvalue weighted by atomic mass is 16.5. The van der Waals surface area contributed by atoms with Crippen LogP contribution in [0.1, 0.15) is 41.3 Å². The molecule has 7 heteroatoms. The van der Waals surface area contributed by atoms with Crippen LogP contribution in [0.2, 0.25) is 0 Å². The molecule has 1 N–H and O–H groups in total. The zero-order valence-corrected chi connectivity index (χ0v) is 21.7. The number of aliphatic hydroxyl groups excluding tert-OH is 1. The predicted molar refractivity (Wildman–Crippen MR) is 144 cm³/mol. The molecule has 0 unspecified atom stereocenters. The van der Waals surface area contributed by atoms with Crippen LogP contribution in [0.4, 0.5) is 0 Å². The number of nitrogens with zero attached hydrogens (tertiary/aromatic N) is 5. The fraction of sp³-hybridized carbons (Fsp3) is 0.400. The molecule has 0 radical (unpaired) electrons. The van der Waals surface area contributed by atoms with E-state index in [4.69, 9.17) is 4.74 Å². The number of pyridine rings is 2. The first-order valence-electron chi connectivity index (χ1n) is 13.1. The molecule has 1 spiro atoms. The summed E-state index contributed by atoms with van der Waals surface area (Å²) in [6, 6.07) is 14.7. The molecule has 5 heterocycles. The molecule has 192 valence electrons. The van der Waals surface area contributed by atoms with Gasteiger partial charge in [0.05, 0.1) is 25.3 Å². The zero-order chi connectivity index (χ0) is 25.4. The Morgan fingerprint density at radius 1 is 1.00 bits per heavy atom. The summed E-state index contributed by atoms with van der Waals surface area (Å²) in [6.45, 7) is 4.77. The average Bonchev–Trinajstić information content (AvgIpc) is 3.24. The standard InChI is InChI=1S/C30H35N5O2/c1-33-26-15-24(37-2)7-8-25(26)28-29(33)27(20-36)35(19-23-6-4-12-32-17-23)21-30(28)9-13-34(14-10-30)18-22-5-3-11-31-16-22/h3-8,11-12,15-17,27,36H,9-10,13-14,18-21H2,1-2H3/t27-/m1/s1. The summed E-state index contributed by atoms with van der Waals surface area (Å²) < 4.78 is 7.88. The van der Waals surface area contributed by atoms with E-state index in [-0.39, 0.29) is 18.1 Å². The van der Waals surface area contributed by atoms with Crippen molar-refractivity contribution in [3.05, 3.63) is 89.6 Å². The van der Waals surface area contributed by atoms with Gasteiger partial charge in [-0.05, 0) is 66.9 Å². The first-order chi connectivity index (χ1) is 18.1. The number of methoxy groups -OCH3 is 1. The quantitative estimate of drug-likeness (QED) is 0.433. The minimum absolute atomic E-state index is 0.0166. The second-order valence-electron chi connectivity index (χ2n) is 10.6. The van der Waals surface area contributed by atoms with E-state index < -0.39 is 0 Å². The van der Waals surface area contributed by atoms with E-state index in [1.54, 1.807) is 7.11 Å². The van der Waals surface area contributed by atoms with E-state index in [2.05, 4.69) is 61.7 Å². The lowest BCUT2D eigenvalue weighted by atomic mass is 9.68. The van der Waals surface area contributed by atoms with Crippen LogP contribution in [0, 0.1) is 0 Å². The minimum Gasteiger partial charge on any atom is -0.497 e. The van der Waals surface area contributed by atoms with Crippen molar-refractivity contribution in [3.8, 4) is 5.75 Å².